The van der Waals surface area contributed by atoms with Crippen LogP contribution in [0.1, 0.15) is 44.2 Å². The number of nitrogens with one attached hydrogen (secondary N) is 1. The number of benzene rings is 1. The molecule has 2 rings (SSSR count). The Bertz CT molecular complexity index is 701. The minimum absolute atomic E-state index is 0.0983. The lowest BCUT2D eigenvalue weighted by molar-refractivity contribution is -0.147. The van der Waals surface area contributed by atoms with Crippen LogP contribution in [-0.4, -0.2) is 35.0 Å². The summed E-state index contributed by atoms with van der Waals surface area (Å²) >= 11 is 0. The van der Waals surface area contributed by atoms with E-state index < -0.39 is 17.4 Å². The number of amides is 2. The maximum atomic E-state index is 12.6. The first-order valence-electron chi connectivity index (χ1n) is 8.61. The highest BCUT2D eigenvalue weighted by molar-refractivity contribution is 6.01. The highest BCUT2D eigenvalue weighted by Crippen LogP contribution is 2.30. The summed E-state index contributed by atoms with van der Waals surface area (Å²) in [6.45, 7) is 7.59. The summed E-state index contributed by atoms with van der Waals surface area (Å²) in [6, 6.07) is 5.74. The Morgan fingerprint density at radius 3 is 2.64 bits per heavy atom. The smallest absolute Gasteiger partial charge is 0.329 e. The van der Waals surface area contributed by atoms with Crippen molar-refractivity contribution >= 4 is 23.5 Å². The lowest BCUT2D eigenvalue weighted by Gasteiger charge is -2.27. The molecular formula is C19H26N2O4. The first kappa shape index (κ1) is 19.0. The van der Waals surface area contributed by atoms with Crippen LogP contribution in [0.3, 0.4) is 0 Å². The van der Waals surface area contributed by atoms with Gasteiger partial charge in [-0.05, 0) is 44.4 Å². The van der Waals surface area contributed by atoms with Gasteiger partial charge in [-0.3, -0.25) is 9.59 Å². The van der Waals surface area contributed by atoms with Gasteiger partial charge in [0.25, 0.3) is 0 Å². The normalized spacial score (nSPS) is 19.6. The number of carboxylic acids is 1. The molecule has 1 saturated heterocycles. The van der Waals surface area contributed by atoms with E-state index in [-0.39, 0.29) is 24.8 Å². The average Bonchev–Trinajstić information content (AvgIpc) is 2.92. The molecule has 1 heterocycles. The van der Waals surface area contributed by atoms with Crippen molar-refractivity contribution in [2.45, 2.75) is 52.5 Å². The van der Waals surface area contributed by atoms with Crippen LogP contribution < -0.4 is 10.2 Å². The summed E-state index contributed by atoms with van der Waals surface area (Å²) in [5, 5.41) is 12.0. The minimum atomic E-state index is -1.30. The Morgan fingerprint density at radius 2 is 2.04 bits per heavy atom. The molecule has 136 valence electrons. The molecule has 0 aliphatic carbocycles. The fourth-order valence-electron chi connectivity index (χ4n) is 3.24. The standard InChI is InChI=1S/C19H26N2O4/c1-5-9-19(4,18(24)25)20-17(23)14-10-16(22)21(11-14)15-8-6-7-12(2)13(15)3/h6-8,14H,5,9-11H2,1-4H3,(H,20,23)(H,24,25). The van der Waals surface area contributed by atoms with Crippen molar-refractivity contribution < 1.29 is 19.5 Å². The number of nitrogens with zero attached hydrogens (tertiary/aromatic N) is 1. The zero-order chi connectivity index (χ0) is 18.8. The zero-order valence-corrected chi connectivity index (χ0v) is 15.3. The zero-order valence-electron chi connectivity index (χ0n) is 15.3. The van der Waals surface area contributed by atoms with Gasteiger partial charge in [0, 0.05) is 18.7 Å². The molecule has 2 N–H and O–H groups in total. The second-order valence-electron chi connectivity index (χ2n) is 7.00. The van der Waals surface area contributed by atoms with Crippen LogP contribution in [0.15, 0.2) is 18.2 Å². The van der Waals surface area contributed by atoms with Gasteiger partial charge in [0.2, 0.25) is 11.8 Å². The number of aliphatic carboxylic acids is 1. The summed E-state index contributed by atoms with van der Waals surface area (Å²) < 4.78 is 0. The van der Waals surface area contributed by atoms with Crippen molar-refractivity contribution in [2.24, 2.45) is 5.92 Å². The van der Waals surface area contributed by atoms with E-state index in [9.17, 15) is 19.5 Å². The third kappa shape index (κ3) is 3.83. The van der Waals surface area contributed by atoms with Crippen LogP contribution in [0.4, 0.5) is 5.69 Å². The second kappa shape index (κ2) is 7.25. The van der Waals surface area contributed by atoms with Gasteiger partial charge < -0.3 is 15.3 Å². The van der Waals surface area contributed by atoms with Gasteiger partial charge in [0.1, 0.15) is 5.54 Å². The summed E-state index contributed by atoms with van der Waals surface area (Å²) in [5.74, 6) is -2.08. The van der Waals surface area contributed by atoms with Crippen LogP contribution in [0.25, 0.3) is 0 Å². The average molecular weight is 346 g/mol. The number of hydrogen-bond acceptors (Lipinski definition) is 3. The molecule has 0 bridgehead atoms. The van der Waals surface area contributed by atoms with Crippen molar-refractivity contribution in [3.63, 3.8) is 0 Å². The third-order valence-electron chi connectivity index (χ3n) is 4.98. The molecule has 2 atom stereocenters. The lowest BCUT2D eigenvalue weighted by atomic mass is 9.94. The Balaban J connectivity index is 2.15. The molecule has 1 fully saturated rings. The molecule has 1 aliphatic rings. The number of carbonyl (C=O) groups excluding carboxylic acids is 2. The summed E-state index contributed by atoms with van der Waals surface area (Å²) in [4.78, 5) is 38.1. The minimum Gasteiger partial charge on any atom is -0.480 e. The predicted molar refractivity (Wildman–Crippen MR) is 95.5 cm³/mol. The van der Waals surface area contributed by atoms with E-state index in [0.717, 1.165) is 16.8 Å². The number of carbonyl (C=O) groups is 3. The van der Waals surface area contributed by atoms with E-state index in [1.807, 2.05) is 39.0 Å². The fraction of sp³-hybridized carbons (Fsp3) is 0.526. The van der Waals surface area contributed by atoms with Crippen LogP contribution >= 0.6 is 0 Å². The summed E-state index contributed by atoms with van der Waals surface area (Å²) in [7, 11) is 0. The molecular weight excluding hydrogens is 320 g/mol. The Hall–Kier alpha value is -2.37. The quantitative estimate of drug-likeness (QED) is 0.828. The van der Waals surface area contributed by atoms with E-state index in [0.29, 0.717) is 12.8 Å². The van der Waals surface area contributed by atoms with Gasteiger partial charge in [-0.15, -0.1) is 0 Å². The molecule has 25 heavy (non-hydrogen) atoms. The number of hydrogen-bond donors (Lipinski definition) is 2. The highest BCUT2D eigenvalue weighted by atomic mass is 16.4. The van der Waals surface area contributed by atoms with Crippen molar-refractivity contribution in [3.05, 3.63) is 29.3 Å². The number of aryl methyl sites for hydroxylation is 1. The fourth-order valence-corrected chi connectivity index (χ4v) is 3.24. The van der Waals surface area contributed by atoms with Crippen molar-refractivity contribution in [3.8, 4) is 0 Å². The van der Waals surface area contributed by atoms with Crippen molar-refractivity contribution in [2.75, 3.05) is 11.4 Å². The van der Waals surface area contributed by atoms with E-state index in [2.05, 4.69) is 5.32 Å². The molecule has 0 saturated carbocycles. The van der Waals surface area contributed by atoms with Crippen LogP contribution in [0.5, 0.6) is 0 Å². The Labute approximate surface area is 148 Å². The SMILES string of the molecule is CCCC(C)(NC(=O)C1CC(=O)N(c2cccc(C)c2C)C1)C(=O)O. The van der Waals surface area contributed by atoms with Gasteiger partial charge in [0.15, 0.2) is 0 Å². The Kier molecular flexibility index (Phi) is 5.50. The summed E-state index contributed by atoms with van der Waals surface area (Å²) in [5.41, 5.74) is 1.61. The monoisotopic (exact) mass is 346 g/mol. The van der Waals surface area contributed by atoms with E-state index >= 15 is 0 Å². The van der Waals surface area contributed by atoms with Crippen LogP contribution in [0.2, 0.25) is 0 Å². The molecule has 6 heteroatoms. The number of carboxylic acid groups (broad SMARTS) is 1. The third-order valence-corrected chi connectivity index (χ3v) is 4.98. The predicted octanol–water partition coefficient (Wildman–Crippen LogP) is 2.42. The van der Waals surface area contributed by atoms with Crippen molar-refractivity contribution in [1.82, 2.24) is 5.32 Å². The van der Waals surface area contributed by atoms with Gasteiger partial charge in [-0.1, -0.05) is 25.5 Å². The van der Waals surface area contributed by atoms with E-state index in [4.69, 9.17) is 0 Å². The second-order valence-corrected chi connectivity index (χ2v) is 7.00. The number of anilines is 1. The molecule has 1 aliphatic heterocycles. The molecule has 0 radical (unpaired) electrons. The maximum Gasteiger partial charge on any atom is 0.329 e. The molecule has 2 amide bonds. The number of rotatable bonds is 6. The van der Waals surface area contributed by atoms with E-state index in [1.165, 1.54) is 6.92 Å². The molecule has 0 aromatic heterocycles. The van der Waals surface area contributed by atoms with Gasteiger partial charge in [-0.2, -0.15) is 0 Å². The van der Waals surface area contributed by atoms with Gasteiger partial charge in [0.05, 0.1) is 5.92 Å². The largest absolute Gasteiger partial charge is 0.480 e. The van der Waals surface area contributed by atoms with Gasteiger partial charge >= 0.3 is 5.97 Å². The summed E-state index contributed by atoms with van der Waals surface area (Å²) in [6.07, 6.45) is 1.08. The maximum absolute atomic E-state index is 12.6. The van der Waals surface area contributed by atoms with Crippen LogP contribution in [-0.2, 0) is 14.4 Å². The molecule has 1 aromatic carbocycles. The molecule has 2 unspecified atom stereocenters. The topological polar surface area (TPSA) is 86.7 Å². The van der Waals surface area contributed by atoms with Crippen molar-refractivity contribution in [1.29, 1.82) is 0 Å². The highest BCUT2D eigenvalue weighted by Gasteiger charge is 2.40. The molecule has 1 aromatic rings. The van der Waals surface area contributed by atoms with E-state index in [1.54, 1.807) is 4.90 Å². The van der Waals surface area contributed by atoms with Crippen LogP contribution in [0, 0.1) is 19.8 Å². The molecule has 0 spiro atoms. The molecule has 6 nitrogen and oxygen atoms in total. The lowest BCUT2D eigenvalue weighted by Crippen LogP contribution is -2.54. The first-order chi connectivity index (χ1) is 11.7. The van der Waals surface area contributed by atoms with Gasteiger partial charge in [-0.25, -0.2) is 4.79 Å². The first-order valence-corrected chi connectivity index (χ1v) is 8.61. The Morgan fingerprint density at radius 1 is 1.36 bits per heavy atom.